The maximum absolute atomic E-state index is 14.9. The Labute approximate surface area is 237 Å². The summed E-state index contributed by atoms with van der Waals surface area (Å²) in [5, 5.41) is 9.96. The number of aryl methyl sites for hydroxylation is 2. The summed E-state index contributed by atoms with van der Waals surface area (Å²) in [6.45, 7) is 4.17. The zero-order valence-electron chi connectivity index (χ0n) is 21.5. The predicted octanol–water partition coefficient (Wildman–Crippen LogP) is 5.62. The standard InChI is InChI=1S/C30H21ClN4O4S/c1-3-23-32-33-29(40-23)35-27(37)26-24(25(36)19-14-18(31)11-12-22(19)39-26)30(35)20-9-4-5-10-21(20)34(28(30)38)15-17-8-6-7-16(2)13-17/h4-14H,3,15H2,1-2H3. The van der Waals surface area contributed by atoms with Crippen molar-refractivity contribution in [3.63, 3.8) is 0 Å². The van der Waals surface area contributed by atoms with Crippen molar-refractivity contribution in [2.24, 2.45) is 0 Å². The van der Waals surface area contributed by atoms with Gasteiger partial charge in [-0.15, -0.1) is 10.2 Å². The molecule has 2 aromatic heterocycles. The molecule has 0 saturated carbocycles. The number of halogens is 1. The van der Waals surface area contributed by atoms with Gasteiger partial charge in [0.25, 0.3) is 11.8 Å². The Hall–Kier alpha value is -4.34. The molecule has 7 rings (SSSR count). The smallest absolute Gasteiger partial charge is 0.297 e. The summed E-state index contributed by atoms with van der Waals surface area (Å²) < 4.78 is 6.09. The Morgan fingerprint density at radius 1 is 1.00 bits per heavy atom. The van der Waals surface area contributed by atoms with Crippen molar-refractivity contribution >= 4 is 56.5 Å². The minimum absolute atomic E-state index is 0.0373. The van der Waals surface area contributed by atoms with E-state index in [2.05, 4.69) is 10.2 Å². The van der Waals surface area contributed by atoms with E-state index in [0.717, 1.165) is 11.1 Å². The van der Waals surface area contributed by atoms with Crippen molar-refractivity contribution in [3.8, 4) is 0 Å². The normalized spacial score (nSPS) is 17.8. The van der Waals surface area contributed by atoms with Crippen LogP contribution in [0.15, 0.2) is 75.9 Å². The molecule has 2 amide bonds. The molecule has 0 saturated heterocycles. The fourth-order valence-electron chi connectivity index (χ4n) is 5.76. The molecule has 0 N–H and O–H groups in total. The Morgan fingerprint density at radius 3 is 2.60 bits per heavy atom. The zero-order valence-corrected chi connectivity index (χ0v) is 23.0. The number of amides is 2. The second kappa shape index (κ2) is 8.84. The van der Waals surface area contributed by atoms with Gasteiger partial charge in [-0.2, -0.15) is 0 Å². The molecule has 0 bridgehead atoms. The highest BCUT2D eigenvalue weighted by Crippen LogP contribution is 2.54. The van der Waals surface area contributed by atoms with Crippen molar-refractivity contribution < 1.29 is 14.0 Å². The van der Waals surface area contributed by atoms with Gasteiger partial charge in [0, 0.05) is 10.6 Å². The fraction of sp³-hybridized carbons (Fsp3) is 0.167. The first kappa shape index (κ1) is 24.7. The molecule has 0 radical (unpaired) electrons. The number of hydrogen-bond acceptors (Lipinski definition) is 7. The van der Waals surface area contributed by atoms with E-state index in [1.165, 1.54) is 22.3 Å². The van der Waals surface area contributed by atoms with Crippen LogP contribution in [0.2, 0.25) is 5.02 Å². The quantitative estimate of drug-likeness (QED) is 0.279. The maximum atomic E-state index is 14.9. The van der Waals surface area contributed by atoms with Crippen LogP contribution in [0.3, 0.4) is 0 Å². The molecular formula is C30H21ClN4O4S. The highest BCUT2D eigenvalue weighted by molar-refractivity contribution is 7.15. The lowest BCUT2D eigenvalue weighted by atomic mass is 9.84. The number of aromatic nitrogens is 2. The van der Waals surface area contributed by atoms with Gasteiger partial charge < -0.3 is 9.32 Å². The summed E-state index contributed by atoms with van der Waals surface area (Å²) in [5.41, 5.74) is 0.930. The van der Waals surface area contributed by atoms with Crippen LogP contribution >= 0.6 is 22.9 Å². The van der Waals surface area contributed by atoms with Gasteiger partial charge >= 0.3 is 0 Å². The van der Waals surface area contributed by atoms with E-state index in [-0.39, 0.29) is 34.0 Å². The number of fused-ring (bicyclic) bond motifs is 5. The van der Waals surface area contributed by atoms with E-state index in [0.29, 0.717) is 27.7 Å². The summed E-state index contributed by atoms with van der Waals surface area (Å²) >= 11 is 7.46. The molecule has 10 heteroatoms. The molecule has 1 unspecified atom stereocenters. The van der Waals surface area contributed by atoms with Crippen LogP contribution in [0.1, 0.15) is 44.7 Å². The number of rotatable bonds is 4. The van der Waals surface area contributed by atoms with Gasteiger partial charge in [-0.05, 0) is 43.2 Å². The second-order valence-electron chi connectivity index (χ2n) is 9.86. The molecule has 1 spiro atoms. The molecule has 40 heavy (non-hydrogen) atoms. The summed E-state index contributed by atoms with van der Waals surface area (Å²) in [6.07, 6.45) is 0.600. The number of hydrogen-bond donors (Lipinski definition) is 0. The number of carbonyl (C=O) groups is 2. The Morgan fingerprint density at radius 2 is 1.82 bits per heavy atom. The average molecular weight is 569 g/mol. The fourth-order valence-corrected chi connectivity index (χ4v) is 6.76. The summed E-state index contributed by atoms with van der Waals surface area (Å²) in [5.74, 6) is -1.25. The minimum atomic E-state index is -1.82. The molecular weight excluding hydrogens is 548 g/mol. The molecule has 0 fully saturated rings. The Bertz CT molecular complexity index is 1950. The maximum Gasteiger partial charge on any atom is 0.297 e. The lowest BCUT2D eigenvalue weighted by molar-refractivity contribution is -0.121. The van der Waals surface area contributed by atoms with Crippen molar-refractivity contribution in [3.05, 3.63) is 115 Å². The number of para-hydroxylation sites is 1. The predicted molar refractivity (Wildman–Crippen MR) is 153 cm³/mol. The van der Waals surface area contributed by atoms with Gasteiger partial charge in [0.1, 0.15) is 10.6 Å². The van der Waals surface area contributed by atoms with Crippen LogP contribution < -0.4 is 15.2 Å². The first-order chi connectivity index (χ1) is 19.3. The molecule has 1 atom stereocenters. The molecule has 2 aliphatic rings. The van der Waals surface area contributed by atoms with E-state index in [4.69, 9.17) is 16.0 Å². The number of nitrogens with zero attached hydrogens (tertiary/aromatic N) is 4. The number of benzene rings is 3. The van der Waals surface area contributed by atoms with Gasteiger partial charge in [0.2, 0.25) is 10.9 Å². The topological polar surface area (TPSA) is 96.6 Å². The number of anilines is 2. The van der Waals surface area contributed by atoms with Crippen molar-refractivity contribution in [1.29, 1.82) is 0 Å². The van der Waals surface area contributed by atoms with E-state index in [1.54, 1.807) is 29.2 Å². The Kier molecular flexibility index (Phi) is 5.45. The third-order valence-corrected chi connectivity index (χ3v) is 8.75. The van der Waals surface area contributed by atoms with Crippen LogP contribution in [0.4, 0.5) is 10.8 Å². The van der Waals surface area contributed by atoms with Gasteiger partial charge in [0.15, 0.2) is 11.0 Å². The Balaban J connectivity index is 1.56. The first-order valence-corrected chi connectivity index (χ1v) is 13.9. The van der Waals surface area contributed by atoms with Gasteiger partial charge in [-0.1, -0.05) is 77.9 Å². The van der Waals surface area contributed by atoms with Crippen LogP contribution in [0, 0.1) is 6.92 Å². The van der Waals surface area contributed by atoms with Gasteiger partial charge in [-0.25, -0.2) is 0 Å². The molecule has 198 valence electrons. The summed E-state index contributed by atoms with van der Waals surface area (Å²) in [6, 6.07) is 19.8. The van der Waals surface area contributed by atoms with E-state index >= 15 is 0 Å². The van der Waals surface area contributed by atoms with Crippen LogP contribution in [-0.2, 0) is 23.3 Å². The minimum Gasteiger partial charge on any atom is -0.450 e. The first-order valence-electron chi connectivity index (χ1n) is 12.8. The van der Waals surface area contributed by atoms with Crippen molar-refractivity contribution in [2.45, 2.75) is 32.4 Å². The van der Waals surface area contributed by atoms with Gasteiger partial charge in [0.05, 0.1) is 23.2 Å². The third-order valence-electron chi connectivity index (χ3n) is 7.46. The lowest BCUT2D eigenvalue weighted by Gasteiger charge is -2.32. The SMILES string of the molecule is CCc1nnc(N2C(=O)c3oc4ccc(Cl)cc4c(=O)c3C23C(=O)N(Cc2cccc(C)c2)c2ccccc23)s1. The molecule has 4 heterocycles. The number of carbonyl (C=O) groups excluding carboxylic acids is 2. The van der Waals surface area contributed by atoms with Crippen LogP contribution in [0.25, 0.3) is 11.0 Å². The molecule has 3 aromatic carbocycles. The monoisotopic (exact) mass is 568 g/mol. The van der Waals surface area contributed by atoms with E-state index in [1.807, 2.05) is 50.2 Å². The van der Waals surface area contributed by atoms with E-state index in [9.17, 15) is 14.4 Å². The van der Waals surface area contributed by atoms with Crippen LogP contribution in [0.5, 0.6) is 0 Å². The second-order valence-corrected chi connectivity index (χ2v) is 11.3. The van der Waals surface area contributed by atoms with Crippen molar-refractivity contribution in [1.82, 2.24) is 10.2 Å². The zero-order chi connectivity index (χ0) is 27.8. The van der Waals surface area contributed by atoms with Crippen molar-refractivity contribution in [2.75, 3.05) is 9.80 Å². The lowest BCUT2D eigenvalue weighted by Crippen LogP contribution is -2.53. The summed E-state index contributed by atoms with van der Waals surface area (Å²) in [7, 11) is 0. The van der Waals surface area contributed by atoms with Gasteiger partial charge in [-0.3, -0.25) is 19.3 Å². The highest BCUT2D eigenvalue weighted by atomic mass is 35.5. The highest BCUT2D eigenvalue weighted by Gasteiger charge is 2.66. The molecule has 8 nitrogen and oxygen atoms in total. The third kappa shape index (κ3) is 3.28. The molecule has 2 aliphatic heterocycles. The molecule has 0 aliphatic carbocycles. The average Bonchev–Trinajstić information content (AvgIpc) is 3.59. The largest absolute Gasteiger partial charge is 0.450 e. The van der Waals surface area contributed by atoms with E-state index < -0.39 is 22.8 Å². The molecule has 5 aromatic rings. The summed E-state index contributed by atoms with van der Waals surface area (Å²) in [4.78, 5) is 46.3. The van der Waals surface area contributed by atoms with Crippen LogP contribution in [-0.4, -0.2) is 22.0 Å².